The first-order valence-electron chi connectivity index (χ1n) is 6.29. The van der Waals surface area contributed by atoms with Crippen molar-refractivity contribution in [1.29, 1.82) is 0 Å². The third-order valence-electron chi connectivity index (χ3n) is 3.17. The third-order valence-corrected chi connectivity index (χ3v) is 3.17. The van der Waals surface area contributed by atoms with Crippen LogP contribution in [0.15, 0.2) is 36.5 Å². The summed E-state index contributed by atoms with van der Waals surface area (Å²) in [5, 5.41) is 2.94. The van der Waals surface area contributed by atoms with Crippen molar-refractivity contribution >= 4 is 0 Å². The van der Waals surface area contributed by atoms with E-state index in [0.717, 1.165) is 23.4 Å². The molecule has 2 nitrogen and oxygen atoms in total. The van der Waals surface area contributed by atoms with Crippen LogP contribution in [0.5, 0.6) is 0 Å². The lowest BCUT2D eigenvalue weighted by Gasteiger charge is -2.19. The molecule has 0 bridgehead atoms. The van der Waals surface area contributed by atoms with Crippen LogP contribution in [0.1, 0.15) is 28.4 Å². The summed E-state index contributed by atoms with van der Waals surface area (Å²) in [6.45, 7) is 1.79. The zero-order chi connectivity index (χ0) is 15.6. The average molecular weight is 298 g/mol. The molecule has 1 heterocycles. The topological polar surface area (TPSA) is 24.9 Å². The van der Waals surface area contributed by atoms with E-state index in [1.54, 1.807) is 32.3 Å². The van der Waals surface area contributed by atoms with Crippen LogP contribution in [0.3, 0.4) is 0 Å². The molecule has 0 saturated heterocycles. The molecule has 0 spiro atoms. The number of nitrogens with one attached hydrogen (secondary N) is 1. The second-order valence-corrected chi connectivity index (χ2v) is 4.69. The molecule has 1 N–H and O–H groups in total. The molecule has 0 aliphatic heterocycles. The minimum absolute atomic E-state index is 0.344. The van der Waals surface area contributed by atoms with Gasteiger partial charge in [-0.2, -0.15) is 13.2 Å². The highest BCUT2D eigenvalue weighted by Crippen LogP contribution is 2.34. The second-order valence-electron chi connectivity index (χ2n) is 4.69. The molecule has 0 aliphatic rings. The monoisotopic (exact) mass is 298 g/mol. The Hall–Kier alpha value is -1.95. The van der Waals surface area contributed by atoms with E-state index in [4.69, 9.17) is 0 Å². The quantitative estimate of drug-likeness (QED) is 0.870. The van der Waals surface area contributed by atoms with Crippen LogP contribution in [0.4, 0.5) is 17.6 Å². The van der Waals surface area contributed by atoms with Gasteiger partial charge in [0.05, 0.1) is 11.6 Å². The SMILES string of the molecule is CNC(c1ccnc(C)c1)c1ccc(F)c(C(F)(F)F)c1. The number of halogens is 4. The molecule has 1 unspecified atom stereocenters. The van der Waals surface area contributed by atoms with E-state index in [1.165, 1.54) is 6.07 Å². The van der Waals surface area contributed by atoms with Gasteiger partial charge in [0.15, 0.2) is 0 Å². The maximum absolute atomic E-state index is 13.3. The zero-order valence-electron chi connectivity index (χ0n) is 11.5. The molecule has 1 aromatic carbocycles. The Bertz CT molecular complexity index is 638. The van der Waals surface area contributed by atoms with Crippen LogP contribution < -0.4 is 5.32 Å². The fraction of sp³-hybridized carbons (Fsp3) is 0.267. The van der Waals surface area contributed by atoms with E-state index < -0.39 is 23.6 Å². The molecular formula is C15H14F4N2. The standard InChI is InChI=1S/C15H14F4N2/c1-9-7-11(5-6-21-9)14(20-2)10-3-4-13(16)12(8-10)15(17,18)19/h3-8,14,20H,1-2H3. The summed E-state index contributed by atoms with van der Waals surface area (Å²) in [6.07, 6.45) is -3.13. The van der Waals surface area contributed by atoms with E-state index in [-0.39, 0.29) is 0 Å². The molecule has 0 saturated carbocycles. The number of aryl methyl sites for hydroxylation is 1. The minimum Gasteiger partial charge on any atom is -0.309 e. The second kappa shape index (κ2) is 5.81. The highest BCUT2D eigenvalue weighted by atomic mass is 19.4. The summed E-state index contributed by atoms with van der Waals surface area (Å²) >= 11 is 0. The van der Waals surface area contributed by atoms with Gasteiger partial charge < -0.3 is 5.32 Å². The van der Waals surface area contributed by atoms with Crippen molar-refractivity contribution in [3.8, 4) is 0 Å². The Kier molecular flexibility index (Phi) is 4.27. The first-order valence-corrected chi connectivity index (χ1v) is 6.29. The Morgan fingerprint density at radius 2 is 1.76 bits per heavy atom. The molecule has 0 fully saturated rings. The lowest BCUT2D eigenvalue weighted by atomic mass is 9.97. The Labute approximate surface area is 119 Å². The number of hydrogen-bond donors (Lipinski definition) is 1. The van der Waals surface area contributed by atoms with Gasteiger partial charge in [0.25, 0.3) is 0 Å². The summed E-state index contributed by atoms with van der Waals surface area (Å²) in [5.41, 5.74) is 0.610. The Balaban J connectivity index is 2.49. The highest BCUT2D eigenvalue weighted by Gasteiger charge is 2.34. The number of alkyl halides is 3. The molecule has 2 aromatic rings. The maximum atomic E-state index is 13.3. The van der Waals surface area contributed by atoms with Crippen LogP contribution in [0.25, 0.3) is 0 Å². The van der Waals surface area contributed by atoms with E-state index in [2.05, 4.69) is 10.3 Å². The van der Waals surface area contributed by atoms with Gasteiger partial charge >= 0.3 is 6.18 Å². The van der Waals surface area contributed by atoms with Crippen molar-refractivity contribution in [3.05, 3.63) is 64.7 Å². The van der Waals surface area contributed by atoms with Gasteiger partial charge in [0.2, 0.25) is 0 Å². The molecular weight excluding hydrogens is 284 g/mol. The van der Waals surface area contributed by atoms with Gasteiger partial charge in [-0.15, -0.1) is 0 Å². The summed E-state index contributed by atoms with van der Waals surface area (Å²) < 4.78 is 51.7. The molecule has 1 atom stereocenters. The fourth-order valence-corrected chi connectivity index (χ4v) is 2.21. The van der Waals surface area contributed by atoms with Crippen LogP contribution in [0.2, 0.25) is 0 Å². The van der Waals surface area contributed by atoms with Gasteiger partial charge in [0, 0.05) is 11.9 Å². The van der Waals surface area contributed by atoms with E-state index in [0.29, 0.717) is 5.56 Å². The van der Waals surface area contributed by atoms with E-state index in [9.17, 15) is 17.6 Å². The Morgan fingerprint density at radius 1 is 1.10 bits per heavy atom. The number of pyridine rings is 1. The number of nitrogens with zero attached hydrogens (tertiary/aromatic N) is 1. The fourth-order valence-electron chi connectivity index (χ4n) is 2.21. The van der Waals surface area contributed by atoms with Gasteiger partial charge in [-0.1, -0.05) is 6.07 Å². The number of aromatic nitrogens is 1. The van der Waals surface area contributed by atoms with Gasteiger partial charge in [0.1, 0.15) is 5.82 Å². The molecule has 6 heteroatoms. The molecule has 112 valence electrons. The number of rotatable bonds is 3. The normalized spacial score (nSPS) is 13.2. The average Bonchev–Trinajstić information content (AvgIpc) is 2.40. The van der Waals surface area contributed by atoms with Crippen LogP contribution >= 0.6 is 0 Å². The van der Waals surface area contributed by atoms with Crippen molar-refractivity contribution in [2.45, 2.75) is 19.1 Å². The first kappa shape index (κ1) is 15.4. The van der Waals surface area contributed by atoms with E-state index in [1.807, 2.05) is 0 Å². The lowest BCUT2D eigenvalue weighted by molar-refractivity contribution is -0.140. The summed E-state index contributed by atoms with van der Waals surface area (Å²) in [5.74, 6) is -1.27. The van der Waals surface area contributed by atoms with Gasteiger partial charge in [-0.3, -0.25) is 4.98 Å². The molecule has 0 radical (unpaired) electrons. The summed E-state index contributed by atoms with van der Waals surface area (Å²) in [6, 6.07) is 6.06. The van der Waals surface area contributed by atoms with Crippen LogP contribution in [-0.4, -0.2) is 12.0 Å². The van der Waals surface area contributed by atoms with E-state index >= 15 is 0 Å². The van der Waals surface area contributed by atoms with Gasteiger partial charge in [-0.25, -0.2) is 4.39 Å². The molecule has 0 amide bonds. The highest BCUT2D eigenvalue weighted by molar-refractivity contribution is 5.36. The zero-order valence-corrected chi connectivity index (χ0v) is 11.5. The van der Waals surface area contributed by atoms with Crippen LogP contribution in [-0.2, 0) is 6.18 Å². The lowest BCUT2D eigenvalue weighted by Crippen LogP contribution is -2.19. The largest absolute Gasteiger partial charge is 0.419 e. The summed E-state index contributed by atoms with van der Waals surface area (Å²) in [7, 11) is 1.64. The number of hydrogen-bond acceptors (Lipinski definition) is 2. The molecule has 0 aliphatic carbocycles. The smallest absolute Gasteiger partial charge is 0.309 e. The Morgan fingerprint density at radius 3 is 2.33 bits per heavy atom. The molecule has 2 rings (SSSR count). The van der Waals surface area contributed by atoms with Crippen molar-refractivity contribution in [2.24, 2.45) is 0 Å². The van der Waals surface area contributed by atoms with Crippen LogP contribution in [0, 0.1) is 12.7 Å². The number of benzene rings is 1. The maximum Gasteiger partial charge on any atom is 0.419 e. The van der Waals surface area contributed by atoms with Crippen molar-refractivity contribution < 1.29 is 17.6 Å². The predicted molar refractivity (Wildman–Crippen MR) is 71.3 cm³/mol. The predicted octanol–water partition coefficient (Wildman–Crippen LogP) is 3.86. The van der Waals surface area contributed by atoms with Gasteiger partial charge in [-0.05, 0) is 49.4 Å². The summed E-state index contributed by atoms with van der Waals surface area (Å²) in [4.78, 5) is 4.05. The third kappa shape index (κ3) is 3.39. The van der Waals surface area contributed by atoms with Crippen molar-refractivity contribution in [2.75, 3.05) is 7.05 Å². The minimum atomic E-state index is -4.72. The molecule has 21 heavy (non-hydrogen) atoms. The van der Waals surface area contributed by atoms with Crippen molar-refractivity contribution in [3.63, 3.8) is 0 Å². The molecule has 1 aromatic heterocycles. The van der Waals surface area contributed by atoms with Crippen molar-refractivity contribution in [1.82, 2.24) is 10.3 Å². The first-order chi connectivity index (χ1) is 9.82.